The van der Waals surface area contributed by atoms with Crippen LogP contribution in [0, 0.1) is 16.7 Å². The summed E-state index contributed by atoms with van der Waals surface area (Å²) in [6, 6.07) is 9.67. The van der Waals surface area contributed by atoms with Gasteiger partial charge in [-0.15, -0.1) is 0 Å². The summed E-state index contributed by atoms with van der Waals surface area (Å²) in [5.41, 5.74) is -1.42. The third-order valence-corrected chi connectivity index (χ3v) is 4.91. The Hall–Kier alpha value is -1.57. The molecule has 2 aliphatic rings. The molecule has 1 aromatic rings. The van der Waals surface area contributed by atoms with Gasteiger partial charge in [-0.25, -0.2) is 0 Å². The first kappa shape index (κ1) is 13.4. The van der Waals surface area contributed by atoms with Crippen molar-refractivity contribution in [2.75, 3.05) is 7.11 Å². The van der Waals surface area contributed by atoms with Crippen molar-refractivity contribution in [3.05, 3.63) is 29.8 Å². The van der Waals surface area contributed by atoms with E-state index in [1.54, 1.807) is 20.1 Å². The van der Waals surface area contributed by atoms with Gasteiger partial charge < -0.3 is 14.6 Å². The number of rotatable bonds is 3. The predicted molar refractivity (Wildman–Crippen MR) is 73.1 cm³/mol. The average molecular weight is 273 g/mol. The Labute approximate surface area is 118 Å². The molecule has 0 radical (unpaired) electrons. The Morgan fingerprint density at radius 1 is 1.50 bits per heavy atom. The maximum absolute atomic E-state index is 11.1. The number of hydrogen-bond acceptors (Lipinski definition) is 4. The summed E-state index contributed by atoms with van der Waals surface area (Å²) >= 11 is 0. The van der Waals surface area contributed by atoms with Crippen molar-refractivity contribution in [2.24, 2.45) is 5.41 Å². The van der Waals surface area contributed by atoms with E-state index in [-0.39, 0.29) is 12.2 Å². The largest absolute Gasteiger partial charge is 0.497 e. The van der Waals surface area contributed by atoms with Crippen LogP contribution in [0.5, 0.6) is 5.75 Å². The molecule has 0 saturated carbocycles. The van der Waals surface area contributed by atoms with Crippen LogP contribution >= 0.6 is 0 Å². The zero-order valence-corrected chi connectivity index (χ0v) is 11.8. The molecule has 1 N–H and O–H groups in total. The van der Waals surface area contributed by atoms with Crippen LogP contribution in [0.4, 0.5) is 0 Å². The molecule has 2 fully saturated rings. The lowest BCUT2D eigenvalue weighted by Gasteiger charge is -2.41. The highest BCUT2D eigenvalue weighted by atomic mass is 16.5. The van der Waals surface area contributed by atoms with Crippen molar-refractivity contribution in [1.82, 2.24) is 0 Å². The fourth-order valence-electron chi connectivity index (χ4n) is 3.63. The molecular weight excluding hydrogens is 254 g/mol. The molecule has 20 heavy (non-hydrogen) atoms. The molecule has 3 rings (SSSR count). The average Bonchev–Trinajstić information content (AvgIpc) is 3.08. The van der Waals surface area contributed by atoms with E-state index in [0.29, 0.717) is 17.7 Å². The van der Waals surface area contributed by atoms with E-state index < -0.39 is 11.0 Å². The van der Waals surface area contributed by atoms with Crippen LogP contribution in [0.2, 0.25) is 0 Å². The summed E-state index contributed by atoms with van der Waals surface area (Å²) < 4.78 is 11.0. The summed E-state index contributed by atoms with van der Waals surface area (Å²) in [4.78, 5) is 0. The monoisotopic (exact) mass is 273 g/mol. The molecule has 2 saturated heterocycles. The Morgan fingerprint density at radius 2 is 2.30 bits per heavy atom. The van der Waals surface area contributed by atoms with Gasteiger partial charge in [0.1, 0.15) is 16.8 Å². The minimum absolute atomic E-state index is 0.108. The maximum Gasteiger partial charge on any atom is 0.119 e. The lowest BCUT2D eigenvalue weighted by Crippen LogP contribution is -2.49. The van der Waals surface area contributed by atoms with Crippen molar-refractivity contribution in [2.45, 2.75) is 44.0 Å². The zero-order chi connectivity index (χ0) is 14.4. The number of nitriles is 1. The molecule has 1 aromatic carbocycles. The summed E-state index contributed by atoms with van der Waals surface area (Å²) in [7, 11) is 1.59. The number of aliphatic hydroxyl groups is 1. The van der Waals surface area contributed by atoms with Gasteiger partial charge in [0.2, 0.25) is 0 Å². The van der Waals surface area contributed by atoms with Gasteiger partial charge in [-0.2, -0.15) is 5.26 Å². The van der Waals surface area contributed by atoms with E-state index >= 15 is 0 Å². The second kappa shape index (κ2) is 4.47. The number of hydrogen-bond donors (Lipinski definition) is 1. The topological polar surface area (TPSA) is 62.5 Å². The van der Waals surface area contributed by atoms with Gasteiger partial charge in [0.15, 0.2) is 0 Å². The Bertz CT molecular complexity index is 563. The molecule has 0 spiro atoms. The molecule has 0 aliphatic carbocycles. The van der Waals surface area contributed by atoms with Crippen molar-refractivity contribution in [3.8, 4) is 11.8 Å². The number of ether oxygens (including phenoxy) is 2. The maximum atomic E-state index is 11.1. The van der Waals surface area contributed by atoms with Gasteiger partial charge >= 0.3 is 0 Å². The van der Waals surface area contributed by atoms with E-state index in [1.807, 2.05) is 18.2 Å². The van der Waals surface area contributed by atoms with Crippen LogP contribution in [0.15, 0.2) is 24.3 Å². The standard InChI is InChI=1S/C16H19NO3/c1-15(18,11-4-3-5-12(8-11)19-2)16(10-17)9-13-6-7-14(16)20-13/h3-5,8,13-14,18H,6-7,9H2,1-2H3. The first-order valence-corrected chi connectivity index (χ1v) is 6.97. The number of nitrogens with zero attached hydrogens (tertiary/aromatic N) is 1. The predicted octanol–water partition coefficient (Wildman–Crippen LogP) is 2.36. The molecule has 4 heteroatoms. The zero-order valence-electron chi connectivity index (χ0n) is 11.8. The first-order chi connectivity index (χ1) is 9.53. The van der Waals surface area contributed by atoms with E-state index in [9.17, 15) is 10.4 Å². The van der Waals surface area contributed by atoms with Gasteiger partial charge in [-0.3, -0.25) is 0 Å². The van der Waals surface area contributed by atoms with Gasteiger partial charge in [0.05, 0.1) is 25.4 Å². The van der Waals surface area contributed by atoms with Crippen LogP contribution in [0.1, 0.15) is 31.7 Å². The lowest BCUT2D eigenvalue weighted by molar-refractivity contribution is -0.0774. The van der Waals surface area contributed by atoms with Crippen molar-refractivity contribution in [3.63, 3.8) is 0 Å². The smallest absolute Gasteiger partial charge is 0.119 e. The van der Waals surface area contributed by atoms with Crippen LogP contribution in [-0.2, 0) is 10.3 Å². The number of benzene rings is 1. The summed E-state index contributed by atoms with van der Waals surface area (Å²) in [6.45, 7) is 1.72. The molecule has 4 unspecified atom stereocenters. The molecule has 0 aromatic heterocycles. The number of fused-ring (bicyclic) bond motifs is 2. The SMILES string of the molecule is COc1cccc(C(C)(O)C2(C#N)CC3CCC2O3)c1. The minimum atomic E-state index is -1.25. The molecule has 2 heterocycles. The highest BCUT2D eigenvalue weighted by Gasteiger charge is 2.62. The Kier molecular flexibility index (Phi) is 3.00. The van der Waals surface area contributed by atoms with E-state index in [1.165, 1.54) is 0 Å². The van der Waals surface area contributed by atoms with Crippen molar-refractivity contribution >= 4 is 0 Å². The number of methoxy groups -OCH3 is 1. The fourth-order valence-corrected chi connectivity index (χ4v) is 3.63. The molecule has 0 amide bonds. The summed E-state index contributed by atoms with van der Waals surface area (Å²) in [6.07, 6.45) is 2.36. The van der Waals surface area contributed by atoms with Crippen LogP contribution in [0.3, 0.4) is 0 Å². The molecule has 2 aliphatic heterocycles. The van der Waals surface area contributed by atoms with E-state index in [2.05, 4.69) is 6.07 Å². The van der Waals surface area contributed by atoms with Gasteiger partial charge in [-0.1, -0.05) is 12.1 Å². The van der Waals surface area contributed by atoms with Crippen molar-refractivity contribution < 1.29 is 14.6 Å². The second-order valence-corrected chi connectivity index (χ2v) is 5.92. The Morgan fingerprint density at radius 3 is 2.85 bits per heavy atom. The highest BCUT2D eigenvalue weighted by molar-refractivity contribution is 5.37. The Balaban J connectivity index is 2.04. The molecule has 4 nitrogen and oxygen atoms in total. The fraction of sp³-hybridized carbons (Fsp3) is 0.562. The third kappa shape index (κ3) is 1.67. The molecule has 106 valence electrons. The first-order valence-electron chi connectivity index (χ1n) is 6.97. The molecule has 2 bridgehead atoms. The molecule has 4 atom stereocenters. The molecular formula is C16H19NO3. The van der Waals surface area contributed by atoms with Gasteiger partial charge in [-0.05, 0) is 43.9 Å². The van der Waals surface area contributed by atoms with E-state index in [4.69, 9.17) is 9.47 Å². The van der Waals surface area contributed by atoms with Gasteiger partial charge in [0.25, 0.3) is 0 Å². The van der Waals surface area contributed by atoms with E-state index in [0.717, 1.165) is 12.8 Å². The highest BCUT2D eigenvalue weighted by Crippen LogP contribution is 2.56. The minimum Gasteiger partial charge on any atom is -0.497 e. The van der Waals surface area contributed by atoms with Crippen LogP contribution in [0.25, 0.3) is 0 Å². The summed E-state index contributed by atoms with van der Waals surface area (Å²) in [5, 5.41) is 20.9. The van der Waals surface area contributed by atoms with Crippen molar-refractivity contribution in [1.29, 1.82) is 5.26 Å². The van der Waals surface area contributed by atoms with Crippen LogP contribution < -0.4 is 4.74 Å². The second-order valence-electron chi connectivity index (χ2n) is 5.92. The quantitative estimate of drug-likeness (QED) is 0.918. The normalized spacial score (nSPS) is 34.5. The lowest BCUT2D eigenvalue weighted by atomic mass is 9.62. The van der Waals surface area contributed by atoms with Gasteiger partial charge in [0, 0.05) is 0 Å². The summed E-state index contributed by atoms with van der Waals surface area (Å²) in [5.74, 6) is 0.680. The third-order valence-electron chi connectivity index (χ3n) is 4.91. The van der Waals surface area contributed by atoms with Crippen LogP contribution in [-0.4, -0.2) is 24.4 Å².